The van der Waals surface area contributed by atoms with Gasteiger partial charge in [-0.2, -0.15) is 10.2 Å². The molecule has 0 spiro atoms. The summed E-state index contributed by atoms with van der Waals surface area (Å²) in [6, 6.07) is 13.5. The van der Waals surface area contributed by atoms with Crippen molar-refractivity contribution >= 4 is 23.1 Å². The van der Waals surface area contributed by atoms with Crippen LogP contribution in [0.2, 0.25) is 0 Å². The molecule has 1 aliphatic heterocycles. The molecule has 192 valence electrons. The van der Waals surface area contributed by atoms with E-state index in [1.54, 1.807) is 21.6 Å². The zero-order valence-electron chi connectivity index (χ0n) is 20.9. The number of imidazole rings is 1. The summed E-state index contributed by atoms with van der Waals surface area (Å²) < 4.78 is 8.82. The number of anilines is 2. The highest BCUT2D eigenvalue weighted by molar-refractivity contribution is 6.04. The van der Waals surface area contributed by atoms with E-state index in [2.05, 4.69) is 30.4 Å². The van der Waals surface area contributed by atoms with Crippen molar-refractivity contribution in [3.8, 4) is 16.9 Å². The van der Waals surface area contributed by atoms with Gasteiger partial charge in [-0.25, -0.2) is 19.2 Å². The summed E-state index contributed by atoms with van der Waals surface area (Å²) in [6.45, 7) is 6.24. The Labute approximate surface area is 218 Å². The van der Waals surface area contributed by atoms with E-state index >= 15 is 0 Å². The summed E-state index contributed by atoms with van der Waals surface area (Å²) in [5.41, 5.74) is 12.3. The second-order valence-electron chi connectivity index (χ2n) is 9.24. The molecule has 0 unspecified atom stereocenters. The van der Waals surface area contributed by atoms with Crippen LogP contribution in [0.4, 0.5) is 11.5 Å². The molecule has 1 saturated heterocycles. The number of benzene rings is 2. The minimum atomic E-state index is -0.165. The number of rotatable bonds is 6. The smallest absolute Gasteiger partial charge is 0.255 e. The van der Waals surface area contributed by atoms with E-state index in [1.807, 2.05) is 55.6 Å². The van der Waals surface area contributed by atoms with Crippen LogP contribution >= 0.6 is 0 Å². The molecule has 11 nitrogen and oxygen atoms in total. The van der Waals surface area contributed by atoms with Crippen molar-refractivity contribution in [1.29, 1.82) is 0 Å². The Kier molecular flexibility index (Phi) is 6.28. The molecule has 0 aliphatic carbocycles. The van der Waals surface area contributed by atoms with E-state index in [4.69, 9.17) is 10.5 Å². The normalized spacial score (nSPS) is 14.1. The summed E-state index contributed by atoms with van der Waals surface area (Å²) in [7, 11) is 0. The summed E-state index contributed by atoms with van der Waals surface area (Å²) in [4.78, 5) is 23.6. The molecule has 3 N–H and O–H groups in total. The highest BCUT2D eigenvalue weighted by atomic mass is 16.5. The van der Waals surface area contributed by atoms with Crippen LogP contribution in [0.5, 0.6) is 0 Å². The minimum Gasteiger partial charge on any atom is -0.381 e. The Bertz CT molecular complexity index is 1600. The third-order valence-corrected chi connectivity index (χ3v) is 6.65. The minimum absolute atomic E-state index is 0.165. The van der Waals surface area contributed by atoms with Gasteiger partial charge in [-0.1, -0.05) is 18.2 Å². The van der Waals surface area contributed by atoms with Crippen LogP contribution in [0.3, 0.4) is 0 Å². The summed E-state index contributed by atoms with van der Waals surface area (Å²) >= 11 is 0. The van der Waals surface area contributed by atoms with Crippen LogP contribution in [-0.4, -0.2) is 66.5 Å². The van der Waals surface area contributed by atoms with Crippen LogP contribution in [0.1, 0.15) is 21.5 Å². The van der Waals surface area contributed by atoms with Gasteiger partial charge in [0.2, 0.25) is 0 Å². The fourth-order valence-electron chi connectivity index (χ4n) is 4.53. The first-order valence-electron chi connectivity index (χ1n) is 12.4. The van der Waals surface area contributed by atoms with Crippen molar-refractivity contribution in [3.63, 3.8) is 0 Å². The molecule has 0 radical (unpaired) electrons. The lowest BCUT2D eigenvalue weighted by Crippen LogP contribution is -2.35. The van der Waals surface area contributed by atoms with Gasteiger partial charge in [-0.05, 0) is 42.3 Å². The number of amides is 1. The van der Waals surface area contributed by atoms with Crippen molar-refractivity contribution in [2.24, 2.45) is 0 Å². The average molecular weight is 510 g/mol. The Morgan fingerprint density at radius 3 is 2.68 bits per heavy atom. The highest BCUT2D eigenvalue weighted by Crippen LogP contribution is 2.25. The predicted molar refractivity (Wildman–Crippen MR) is 143 cm³/mol. The van der Waals surface area contributed by atoms with E-state index in [1.165, 1.54) is 11.9 Å². The molecule has 1 fully saturated rings. The predicted octanol–water partition coefficient (Wildman–Crippen LogP) is 2.95. The number of aryl methyl sites for hydroxylation is 1. The molecule has 6 rings (SSSR count). The molecule has 38 heavy (non-hydrogen) atoms. The summed E-state index contributed by atoms with van der Waals surface area (Å²) in [5.74, 6) is 0.145. The van der Waals surface area contributed by atoms with Crippen molar-refractivity contribution in [2.75, 3.05) is 37.4 Å². The first-order chi connectivity index (χ1) is 18.5. The van der Waals surface area contributed by atoms with Gasteiger partial charge in [0, 0.05) is 42.6 Å². The van der Waals surface area contributed by atoms with Crippen molar-refractivity contribution in [1.82, 2.24) is 34.3 Å². The topological polar surface area (TPSA) is 128 Å². The maximum Gasteiger partial charge on any atom is 0.255 e. The first kappa shape index (κ1) is 23.8. The summed E-state index contributed by atoms with van der Waals surface area (Å²) in [6.07, 6.45) is 6.72. The van der Waals surface area contributed by atoms with E-state index in [0.29, 0.717) is 22.7 Å². The molecule has 0 atom stereocenters. The lowest BCUT2D eigenvalue weighted by Gasteiger charge is -2.26. The standard InChI is InChI=1S/C27H27N9O2/c1-18-2-7-22(33-27(37)20-5-3-19(4-6-20)15-34-8-10-38-11-9-34)12-23(18)35-16-21(13-31-35)24-14-29-26-25(28)30-17-32-36(24)26/h2-7,12-14,16-17H,8-11,15H2,1H3,(H,33,37)(H2,28,30,32). The van der Waals surface area contributed by atoms with E-state index in [-0.39, 0.29) is 5.91 Å². The number of carbonyl (C=O) groups is 1. The number of nitrogen functional groups attached to an aromatic ring is 1. The summed E-state index contributed by atoms with van der Waals surface area (Å²) in [5, 5.41) is 11.8. The van der Waals surface area contributed by atoms with Gasteiger partial charge in [0.25, 0.3) is 5.91 Å². The lowest BCUT2D eigenvalue weighted by atomic mass is 10.1. The Morgan fingerprint density at radius 2 is 1.87 bits per heavy atom. The zero-order valence-corrected chi connectivity index (χ0v) is 20.9. The molecular weight excluding hydrogens is 482 g/mol. The number of nitrogens with zero attached hydrogens (tertiary/aromatic N) is 7. The largest absolute Gasteiger partial charge is 0.381 e. The molecule has 11 heteroatoms. The van der Waals surface area contributed by atoms with Gasteiger partial charge in [-0.3, -0.25) is 9.69 Å². The van der Waals surface area contributed by atoms with Crippen LogP contribution < -0.4 is 11.1 Å². The van der Waals surface area contributed by atoms with Crippen LogP contribution in [0.15, 0.2) is 67.4 Å². The third-order valence-electron chi connectivity index (χ3n) is 6.65. The maximum absolute atomic E-state index is 13.0. The SMILES string of the molecule is Cc1ccc(NC(=O)c2ccc(CN3CCOCC3)cc2)cc1-n1cc(-c2cnc3c(N)ncnn23)cn1. The van der Waals surface area contributed by atoms with Gasteiger partial charge in [-0.15, -0.1) is 0 Å². The van der Waals surface area contributed by atoms with Crippen molar-refractivity contribution < 1.29 is 9.53 Å². The van der Waals surface area contributed by atoms with Crippen LogP contribution in [-0.2, 0) is 11.3 Å². The van der Waals surface area contributed by atoms with Crippen LogP contribution in [0, 0.1) is 6.92 Å². The molecular formula is C27H27N9O2. The lowest BCUT2D eigenvalue weighted by molar-refractivity contribution is 0.0342. The number of morpholine rings is 1. The van der Waals surface area contributed by atoms with Crippen LogP contribution in [0.25, 0.3) is 22.6 Å². The fraction of sp³-hybridized carbons (Fsp3) is 0.222. The van der Waals surface area contributed by atoms with Gasteiger partial charge in [0.05, 0.1) is 37.0 Å². The second-order valence-corrected chi connectivity index (χ2v) is 9.24. The monoisotopic (exact) mass is 509 g/mol. The third kappa shape index (κ3) is 4.72. The number of carbonyl (C=O) groups excluding carboxylic acids is 1. The highest BCUT2D eigenvalue weighted by Gasteiger charge is 2.15. The molecule has 2 aromatic carbocycles. The second kappa shape index (κ2) is 10.0. The Balaban J connectivity index is 1.18. The number of fused-ring (bicyclic) bond motifs is 1. The molecule has 1 aliphatic rings. The zero-order chi connectivity index (χ0) is 26.1. The van der Waals surface area contributed by atoms with Gasteiger partial charge in [0.15, 0.2) is 11.5 Å². The molecule has 1 amide bonds. The van der Waals surface area contributed by atoms with E-state index in [0.717, 1.165) is 55.4 Å². The van der Waals surface area contributed by atoms with Crippen molar-refractivity contribution in [3.05, 3.63) is 84.1 Å². The molecule has 0 bridgehead atoms. The van der Waals surface area contributed by atoms with Gasteiger partial charge < -0.3 is 15.8 Å². The number of ether oxygens (including phenoxy) is 1. The molecule has 5 aromatic rings. The molecule has 0 saturated carbocycles. The first-order valence-corrected chi connectivity index (χ1v) is 12.4. The number of hydrogen-bond donors (Lipinski definition) is 2. The number of aromatic nitrogens is 6. The number of hydrogen-bond acceptors (Lipinski definition) is 8. The maximum atomic E-state index is 13.0. The fourth-order valence-corrected chi connectivity index (χ4v) is 4.53. The molecule has 4 heterocycles. The van der Waals surface area contributed by atoms with E-state index in [9.17, 15) is 4.79 Å². The Morgan fingerprint density at radius 1 is 1.05 bits per heavy atom. The Hall–Kier alpha value is -4.61. The number of nitrogens with one attached hydrogen (secondary N) is 1. The van der Waals surface area contributed by atoms with Gasteiger partial charge in [0.1, 0.15) is 6.33 Å². The number of nitrogens with two attached hydrogens (primary N) is 1. The van der Waals surface area contributed by atoms with E-state index < -0.39 is 0 Å². The molecule has 3 aromatic heterocycles. The quantitative estimate of drug-likeness (QED) is 0.358. The average Bonchev–Trinajstić information content (AvgIpc) is 3.59. The van der Waals surface area contributed by atoms with Crippen molar-refractivity contribution in [2.45, 2.75) is 13.5 Å². The van der Waals surface area contributed by atoms with Gasteiger partial charge >= 0.3 is 0 Å².